The number of nitrogens with one attached hydrogen (secondary N) is 1. The quantitative estimate of drug-likeness (QED) is 0.662. The van der Waals surface area contributed by atoms with Crippen molar-refractivity contribution in [3.05, 3.63) is 96.3 Å². The Morgan fingerprint density at radius 1 is 0.852 bits per heavy atom. The van der Waals surface area contributed by atoms with Gasteiger partial charge in [-0.1, -0.05) is 48.5 Å². The van der Waals surface area contributed by atoms with E-state index in [4.69, 9.17) is 0 Å². The van der Waals surface area contributed by atoms with Gasteiger partial charge in [0, 0.05) is 17.9 Å². The fourth-order valence-electron chi connectivity index (χ4n) is 2.92. The average molecular weight is 384 g/mol. The molecule has 27 heavy (non-hydrogen) atoms. The molecule has 6 heteroatoms. The Morgan fingerprint density at radius 2 is 1.33 bits per heavy atom. The minimum atomic E-state index is -3.46. The molecule has 3 aromatic rings. The SMILES string of the molecule is CS(=O)(=O)N[C@@H](CN(c1ccccc1)c1ccccc1)c1ccc(F)cc1. The molecule has 140 valence electrons. The van der Waals surface area contributed by atoms with Crippen molar-refractivity contribution in [2.45, 2.75) is 6.04 Å². The van der Waals surface area contributed by atoms with E-state index in [1.807, 2.05) is 65.6 Å². The molecule has 3 rings (SSSR count). The molecular formula is C21H21FN2O2S. The Morgan fingerprint density at radius 3 is 1.78 bits per heavy atom. The summed E-state index contributed by atoms with van der Waals surface area (Å²) in [5.74, 6) is -0.361. The number of rotatable bonds is 7. The first kappa shape index (κ1) is 19.1. The molecule has 1 N–H and O–H groups in total. The predicted octanol–water partition coefficient (Wildman–Crippen LogP) is 4.25. The number of sulfonamides is 1. The van der Waals surface area contributed by atoms with Gasteiger partial charge in [0.15, 0.2) is 0 Å². The van der Waals surface area contributed by atoms with Crippen LogP contribution in [0.1, 0.15) is 11.6 Å². The van der Waals surface area contributed by atoms with Gasteiger partial charge in [-0.15, -0.1) is 0 Å². The summed E-state index contributed by atoms with van der Waals surface area (Å²) in [5, 5.41) is 0. The van der Waals surface area contributed by atoms with Crippen molar-refractivity contribution >= 4 is 21.4 Å². The van der Waals surface area contributed by atoms with Crippen LogP contribution in [0, 0.1) is 5.82 Å². The lowest BCUT2D eigenvalue weighted by atomic mass is 10.1. The van der Waals surface area contributed by atoms with E-state index in [1.165, 1.54) is 12.1 Å². The first-order chi connectivity index (χ1) is 12.9. The largest absolute Gasteiger partial charge is 0.340 e. The number of anilines is 2. The fourth-order valence-corrected chi connectivity index (χ4v) is 3.65. The first-order valence-corrected chi connectivity index (χ1v) is 10.4. The molecule has 0 radical (unpaired) electrons. The van der Waals surface area contributed by atoms with E-state index in [2.05, 4.69) is 4.72 Å². The van der Waals surface area contributed by atoms with Crippen molar-refractivity contribution in [1.82, 2.24) is 4.72 Å². The van der Waals surface area contributed by atoms with Gasteiger partial charge < -0.3 is 4.90 Å². The Bertz CT molecular complexity index is 923. The van der Waals surface area contributed by atoms with E-state index >= 15 is 0 Å². The third kappa shape index (κ3) is 5.39. The summed E-state index contributed by atoms with van der Waals surface area (Å²) in [5.41, 5.74) is 2.57. The van der Waals surface area contributed by atoms with Gasteiger partial charge in [0.25, 0.3) is 0 Å². The van der Waals surface area contributed by atoms with Crippen molar-refractivity contribution in [1.29, 1.82) is 0 Å². The highest BCUT2D eigenvalue weighted by atomic mass is 32.2. The zero-order chi connectivity index (χ0) is 19.3. The third-order valence-corrected chi connectivity index (χ3v) is 4.84. The second-order valence-corrected chi connectivity index (χ2v) is 8.06. The van der Waals surface area contributed by atoms with E-state index in [0.29, 0.717) is 12.1 Å². The van der Waals surface area contributed by atoms with Gasteiger partial charge in [0.05, 0.1) is 12.3 Å². The lowest BCUT2D eigenvalue weighted by molar-refractivity contribution is 0.562. The van der Waals surface area contributed by atoms with Crippen LogP contribution in [0.2, 0.25) is 0 Å². The van der Waals surface area contributed by atoms with Crippen LogP contribution in [-0.4, -0.2) is 21.2 Å². The van der Waals surface area contributed by atoms with E-state index < -0.39 is 16.1 Å². The summed E-state index contributed by atoms with van der Waals surface area (Å²) < 4.78 is 39.9. The highest BCUT2D eigenvalue weighted by molar-refractivity contribution is 7.88. The Kier molecular flexibility index (Phi) is 5.88. The Labute approximate surface area is 159 Å². The molecule has 0 aliphatic carbocycles. The Hall–Kier alpha value is -2.70. The van der Waals surface area contributed by atoms with Crippen LogP contribution in [0.4, 0.5) is 15.8 Å². The van der Waals surface area contributed by atoms with E-state index in [9.17, 15) is 12.8 Å². The molecule has 0 bridgehead atoms. The smallest absolute Gasteiger partial charge is 0.209 e. The highest BCUT2D eigenvalue weighted by Crippen LogP contribution is 2.28. The maximum Gasteiger partial charge on any atom is 0.209 e. The highest BCUT2D eigenvalue weighted by Gasteiger charge is 2.21. The molecule has 4 nitrogen and oxygen atoms in total. The van der Waals surface area contributed by atoms with Crippen LogP contribution >= 0.6 is 0 Å². The second kappa shape index (κ2) is 8.33. The van der Waals surface area contributed by atoms with Crippen LogP contribution < -0.4 is 9.62 Å². The summed E-state index contributed by atoms with van der Waals surface area (Å²) in [4.78, 5) is 2.03. The van der Waals surface area contributed by atoms with Crippen LogP contribution in [0.3, 0.4) is 0 Å². The average Bonchev–Trinajstić information content (AvgIpc) is 2.66. The number of halogens is 1. The van der Waals surface area contributed by atoms with Gasteiger partial charge in [0.1, 0.15) is 5.82 Å². The van der Waals surface area contributed by atoms with Crippen LogP contribution in [0.15, 0.2) is 84.9 Å². The van der Waals surface area contributed by atoms with Gasteiger partial charge in [-0.25, -0.2) is 17.5 Å². The molecule has 0 spiro atoms. The van der Waals surface area contributed by atoms with Crippen molar-refractivity contribution in [2.75, 3.05) is 17.7 Å². The minimum Gasteiger partial charge on any atom is -0.340 e. The molecule has 1 atom stereocenters. The van der Waals surface area contributed by atoms with Gasteiger partial charge in [-0.3, -0.25) is 0 Å². The van der Waals surface area contributed by atoms with Crippen molar-refractivity contribution in [3.63, 3.8) is 0 Å². The molecule has 0 heterocycles. The first-order valence-electron chi connectivity index (χ1n) is 8.53. The summed E-state index contributed by atoms with van der Waals surface area (Å²) in [7, 11) is -3.46. The summed E-state index contributed by atoms with van der Waals surface area (Å²) in [6, 6.07) is 24.8. The number of nitrogens with zero attached hydrogens (tertiary/aromatic N) is 1. The monoisotopic (exact) mass is 384 g/mol. The van der Waals surface area contributed by atoms with Crippen molar-refractivity contribution < 1.29 is 12.8 Å². The van der Waals surface area contributed by atoms with Crippen LogP contribution in [0.5, 0.6) is 0 Å². The second-order valence-electron chi connectivity index (χ2n) is 6.28. The molecule has 0 unspecified atom stereocenters. The number of hydrogen-bond acceptors (Lipinski definition) is 3. The lowest BCUT2D eigenvalue weighted by Gasteiger charge is -2.30. The van der Waals surface area contributed by atoms with Crippen molar-refractivity contribution in [2.24, 2.45) is 0 Å². The van der Waals surface area contributed by atoms with Crippen LogP contribution in [-0.2, 0) is 10.0 Å². The Balaban J connectivity index is 2.00. The van der Waals surface area contributed by atoms with E-state index in [1.54, 1.807) is 12.1 Å². The summed E-state index contributed by atoms with van der Waals surface area (Å²) >= 11 is 0. The topological polar surface area (TPSA) is 49.4 Å². The zero-order valence-electron chi connectivity index (χ0n) is 14.9. The number of para-hydroxylation sites is 2. The molecule has 0 fully saturated rings. The normalized spacial score (nSPS) is 12.5. The molecule has 0 aromatic heterocycles. The van der Waals surface area contributed by atoms with Crippen LogP contribution in [0.25, 0.3) is 0 Å². The fraction of sp³-hybridized carbons (Fsp3) is 0.143. The number of hydrogen-bond donors (Lipinski definition) is 1. The molecule has 0 aliphatic heterocycles. The number of benzene rings is 3. The molecule has 0 amide bonds. The van der Waals surface area contributed by atoms with Gasteiger partial charge in [0.2, 0.25) is 10.0 Å². The lowest BCUT2D eigenvalue weighted by Crippen LogP contribution is -2.35. The molecule has 0 saturated heterocycles. The van der Waals surface area contributed by atoms with E-state index in [0.717, 1.165) is 17.6 Å². The maximum absolute atomic E-state index is 13.3. The molecule has 3 aromatic carbocycles. The summed E-state index contributed by atoms with van der Waals surface area (Å²) in [6.45, 7) is 0.354. The molecule has 0 saturated carbocycles. The van der Waals surface area contributed by atoms with Crippen molar-refractivity contribution in [3.8, 4) is 0 Å². The van der Waals surface area contributed by atoms with Gasteiger partial charge in [-0.05, 0) is 42.0 Å². The zero-order valence-corrected chi connectivity index (χ0v) is 15.7. The van der Waals surface area contributed by atoms with E-state index in [-0.39, 0.29) is 5.82 Å². The standard InChI is InChI=1S/C21H21FN2O2S/c1-27(25,26)23-21(17-12-14-18(22)15-13-17)16-24(19-8-4-2-5-9-19)20-10-6-3-7-11-20/h2-15,21,23H,16H2,1H3/t21-/m0/s1. The predicted molar refractivity (Wildman–Crippen MR) is 107 cm³/mol. The molecular weight excluding hydrogens is 363 g/mol. The minimum absolute atomic E-state index is 0.354. The maximum atomic E-state index is 13.3. The third-order valence-electron chi connectivity index (χ3n) is 4.13. The van der Waals surface area contributed by atoms with Gasteiger partial charge in [-0.2, -0.15) is 0 Å². The van der Waals surface area contributed by atoms with Gasteiger partial charge >= 0.3 is 0 Å². The summed E-state index contributed by atoms with van der Waals surface area (Å²) in [6.07, 6.45) is 1.12. The molecule has 0 aliphatic rings.